The number of nitrogens with zero attached hydrogens (tertiary/aromatic N) is 4. The van der Waals surface area contributed by atoms with E-state index in [1.807, 2.05) is 13.8 Å². The predicted molar refractivity (Wildman–Crippen MR) is 87.0 cm³/mol. The van der Waals surface area contributed by atoms with Crippen LogP contribution in [-0.2, 0) is 6.42 Å². The van der Waals surface area contributed by atoms with Gasteiger partial charge >= 0.3 is 5.69 Å². The molecule has 3 aromatic heterocycles. The fourth-order valence-electron chi connectivity index (χ4n) is 2.44. The van der Waals surface area contributed by atoms with Crippen molar-refractivity contribution in [3.63, 3.8) is 0 Å². The summed E-state index contributed by atoms with van der Waals surface area (Å²) in [6.07, 6.45) is 2.26. The standard InChI is InChI=1S/C15H11Cl2FN4O/c1-3-10-11(7(2)4-5-19-10)22-14-8(12(16)21-15(22)23)6-9(18)13(17)20-14/h4-6H,3H2,1-2H3. The van der Waals surface area contributed by atoms with Gasteiger partial charge in [0.05, 0.1) is 16.8 Å². The van der Waals surface area contributed by atoms with Gasteiger partial charge in [-0.25, -0.2) is 18.7 Å². The van der Waals surface area contributed by atoms with Crippen LogP contribution in [0.4, 0.5) is 4.39 Å². The molecule has 23 heavy (non-hydrogen) atoms. The van der Waals surface area contributed by atoms with Crippen LogP contribution in [0.2, 0.25) is 10.3 Å². The van der Waals surface area contributed by atoms with E-state index < -0.39 is 11.5 Å². The first-order chi connectivity index (χ1) is 10.9. The molecule has 0 N–H and O–H groups in total. The van der Waals surface area contributed by atoms with Crippen LogP contribution in [0.25, 0.3) is 16.7 Å². The zero-order valence-corrected chi connectivity index (χ0v) is 13.8. The van der Waals surface area contributed by atoms with Gasteiger partial charge < -0.3 is 0 Å². The second-order valence-electron chi connectivity index (χ2n) is 4.93. The molecule has 0 radical (unpaired) electrons. The van der Waals surface area contributed by atoms with E-state index in [9.17, 15) is 9.18 Å². The third-order valence-corrected chi connectivity index (χ3v) is 4.05. The maximum Gasteiger partial charge on any atom is 0.355 e. The van der Waals surface area contributed by atoms with Crippen molar-refractivity contribution in [3.8, 4) is 5.69 Å². The Kier molecular flexibility index (Phi) is 4.04. The first-order valence-electron chi connectivity index (χ1n) is 6.83. The van der Waals surface area contributed by atoms with Crippen LogP contribution < -0.4 is 5.69 Å². The zero-order chi connectivity index (χ0) is 16.7. The van der Waals surface area contributed by atoms with Gasteiger partial charge in [0.25, 0.3) is 0 Å². The summed E-state index contributed by atoms with van der Waals surface area (Å²) in [5, 5.41) is -0.255. The van der Waals surface area contributed by atoms with Crippen molar-refractivity contribution in [1.82, 2.24) is 19.5 Å². The third kappa shape index (κ3) is 2.58. The van der Waals surface area contributed by atoms with E-state index in [1.165, 1.54) is 4.57 Å². The molecule has 0 spiro atoms. The van der Waals surface area contributed by atoms with E-state index in [1.54, 1.807) is 12.3 Å². The van der Waals surface area contributed by atoms with Gasteiger partial charge in [-0.3, -0.25) is 4.98 Å². The number of hydrogen-bond donors (Lipinski definition) is 0. The Morgan fingerprint density at radius 2 is 2.00 bits per heavy atom. The van der Waals surface area contributed by atoms with Crippen molar-refractivity contribution in [2.75, 3.05) is 0 Å². The van der Waals surface area contributed by atoms with Crippen molar-refractivity contribution in [2.24, 2.45) is 0 Å². The lowest BCUT2D eigenvalue weighted by atomic mass is 10.1. The fraction of sp³-hybridized carbons (Fsp3) is 0.200. The minimum absolute atomic E-state index is 0.121. The van der Waals surface area contributed by atoms with E-state index in [0.717, 1.165) is 11.6 Å². The van der Waals surface area contributed by atoms with E-state index in [2.05, 4.69) is 15.0 Å². The molecule has 118 valence electrons. The number of aryl methyl sites for hydroxylation is 2. The lowest BCUT2D eigenvalue weighted by molar-refractivity contribution is 0.624. The van der Waals surface area contributed by atoms with Crippen molar-refractivity contribution in [2.45, 2.75) is 20.3 Å². The number of aromatic nitrogens is 4. The van der Waals surface area contributed by atoms with E-state index in [4.69, 9.17) is 23.2 Å². The average Bonchev–Trinajstić information content (AvgIpc) is 2.50. The Morgan fingerprint density at radius 1 is 1.26 bits per heavy atom. The molecule has 0 aromatic carbocycles. The first kappa shape index (κ1) is 15.8. The van der Waals surface area contributed by atoms with Gasteiger partial charge in [0.1, 0.15) is 5.15 Å². The van der Waals surface area contributed by atoms with Gasteiger partial charge in [0.15, 0.2) is 16.6 Å². The average molecular weight is 353 g/mol. The molecule has 0 aliphatic heterocycles. The smallest absolute Gasteiger partial charge is 0.259 e. The SMILES string of the molecule is CCc1nccc(C)c1-n1c(=O)nc(Cl)c2cc(F)c(Cl)nc21. The van der Waals surface area contributed by atoms with Gasteiger partial charge in [0.2, 0.25) is 0 Å². The fourth-order valence-corrected chi connectivity index (χ4v) is 2.78. The number of pyridine rings is 2. The molecule has 3 aromatic rings. The first-order valence-corrected chi connectivity index (χ1v) is 7.58. The Bertz CT molecular complexity index is 987. The van der Waals surface area contributed by atoms with Crippen LogP contribution in [-0.4, -0.2) is 19.5 Å². The Morgan fingerprint density at radius 3 is 2.70 bits per heavy atom. The summed E-state index contributed by atoms with van der Waals surface area (Å²) in [6.45, 7) is 3.76. The van der Waals surface area contributed by atoms with Crippen molar-refractivity contribution in [3.05, 3.63) is 56.2 Å². The summed E-state index contributed by atoms with van der Waals surface area (Å²) >= 11 is 11.8. The second-order valence-corrected chi connectivity index (χ2v) is 5.65. The van der Waals surface area contributed by atoms with Crippen molar-refractivity contribution >= 4 is 34.2 Å². The molecule has 0 saturated carbocycles. The molecule has 0 fully saturated rings. The number of halogens is 3. The molecule has 0 bridgehead atoms. The monoisotopic (exact) mass is 352 g/mol. The Balaban J connectivity index is 2.53. The minimum atomic E-state index is -0.730. The van der Waals surface area contributed by atoms with Gasteiger partial charge in [-0.05, 0) is 31.0 Å². The molecule has 0 amide bonds. The summed E-state index contributed by atoms with van der Waals surface area (Å²) in [6, 6.07) is 2.89. The molecule has 0 unspecified atom stereocenters. The highest BCUT2D eigenvalue weighted by atomic mass is 35.5. The lowest BCUT2D eigenvalue weighted by Crippen LogP contribution is -2.25. The highest BCUT2D eigenvalue weighted by molar-refractivity contribution is 6.34. The van der Waals surface area contributed by atoms with Crippen LogP contribution in [0.5, 0.6) is 0 Å². The predicted octanol–water partition coefficient (Wildman–Crippen LogP) is 3.49. The maximum absolute atomic E-state index is 13.7. The number of hydrogen-bond acceptors (Lipinski definition) is 4. The highest BCUT2D eigenvalue weighted by Crippen LogP contribution is 2.26. The van der Waals surface area contributed by atoms with Gasteiger partial charge in [-0.2, -0.15) is 4.98 Å². The molecule has 0 aliphatic carbocycles. The maximum atomic E-state index is 13.7. The molecule has 5 nitrogen and oxygen atoms in total. The molecular weight excluding hydrogens is 342 g/mol. The highest BCUT2D eigenvalue weighted by Gasteiger charge is 2.18. The largest absolute Gasteiger partial charge is 0.355 e. The van der Waals surface area contributed by atoms with Crippen molar-refractivity contribution < 1.29 is 4.39 Å². The molecule has 3 rings (SSSR count). The van der Waals surface area contributed by atoms with Crippen LogP contribution in [0.1, 0.15) is 18.2 Å². The van der Waals surface area contributed by atoms with Gasteiger partial charge in [0, 0.05) is 6.20 Å². The summed E-state index contributed by atoms with van der Waals surface area (Å²) < 4.78 is 15.0. The number of rotatable bonds is 2. The Hall–Kier alpha value is -2.05. The van der Waals surface area contributed by atoms with Crippen LogP contribution in [0.3, 0.4) is 0 Å². The summed E-state index contributed by atoms with van der Waals surface area (Å²) in [5.74, 6) is -0.730. The van der Waals surface area contributed by atoms with E-state index in [0.29, 0.717) is 17.8 Å². The number of fused-ring (bicyclic) bond motifs is 1. The molecular formula is C15H11Cl2FN4O. The van der Waals surface area contributed by atoms with Gasteiger partial charge in [-0.1, -0.05) is 30.1 Å². The summed E-state index contributed by atoms with van der Waals surface area (Å²) in [5.41, 5.74) is 1.59. The Labute approximate surface area is 140 Å². The van der Waals surface area contributed by atoms with Crippen LogP contribution in [0.15, 0.2) is 23.1 Å². The molecule has 8 heteroatoms. The summed E-state index contributed by atoms with van der Waals surface area (Å²) in [7, 11) is 0. The molecule has 0 atom stereocenters. The topological polar surface area (TPSA) is 60.7 Å². The third-order valence-electron chi connectivity index (χ3n) is 3.49. The quantitative estimate of drug-likeness (QED) is 0.523. The lowest BCUT2D eigenvalue weighted by Gasteiger charge is -2.15. The van der Waals surface area contributed by atoms with E-state index >= 15 is 0 Å². The molecule has 0 aliphatic rings. The zero-order valence-electron chi connectivity index (χ0n) is 12.3. The van der Waals surface area contributed by atoms with Crippen molar-refractivity contribution in [1.29, 1.82) is 0 Å². The minimum Gasteiger partial charge on any atom is -0.259 e. The molecule has 0 saturated heterocycles. The second kappa shape index (κ2) is 5.86. The van der Waals surface area contributed by atoms with E-state index in [-0.39, 0.29) is 21.3 Å². The molecule has 3 heterocycles. The normalized spacial score (nSPS) is 11.2. The van der Waals surface area contributed by atoms with Crippen LogP contribution >= 0.6 is 23.2 Å². The summed E-state index contributed by atoms with van der Waals surface area (Å²) in [4.78, 5) is 24.5. The van der Waals surface area contributed by atoms with Crippen LogP contribution in [0, 0.1) is 12.7 Å². The van der Waals surface area contributed by atoms with Gasteiger partial charge in [-0.15, -0.1) is 0 Å².